The van der Waals surface area contributed by atoms with Crippen molar-refractivity contribution in [2.24, 2.45) is 0 Å². The van der Waals surface area contributed by atoms with E-state index in [1.54, 1.807) is 11.6 Å². The van der Waals surface area contributed by atoms with Crippen molar-refractivity contribution >= 4 is 11.5 Å². The molecule has 1 atom stereocenters. The van der Waals surface area contributed by atoms with Crippen LogP contribution in [0.3, 0.4) is 0 Å². The van der Waals surface area contributed by atoms with Crippen LogP contribution in [0, 0.1) is 24.0 Å². The van der Waals surface area contributed by atoms with Gasteiger partial charge in [0, 0.05) is 0 Å². The van der Waals surface area contributed by atoms with Gasteiger partial charge in [0.05, 0.1) is 11.0 Å². The number of nitrogen functional groups attached to an aromatic ring is 1. The molecule has 0 saturated carbocycles. The molecule has 6 nitrogen and oxygen atoms in total. The maximum Gasteiger partial charge on any atom is 0.333 e. The lowest BCUT2D eigenvalue weighted by molar-refractivity contribution is -0.384. The highest BCUT2D eigenvalue weighted by Crippen LogP contribution is 2.38. The molecule has 2 aromatic rings. The Morgan fingerprint density at radius 3 is 2.85 bits per heavy atom. The lowest BCUT2D eigenvalue weighted by Crippen LogP contribution is -2.12. The molecule has 0 amide bonds. The summed E-state index contributed by atoms with van der Waals surface area (Å²) in [5.74, 6) is 0.145. The number of nitro groups is 1. The van der Waals surface area contributed by atoms with Gasteiger partial charge in [-0.15, -0.1) is 0 Å². The van der Waals surface area contributed by atoms with Crippen molar-refractivity contribution < 1.29 is 4.92 Å². The minimum atomic E-state index is -0.458. The number of rotatable bonds is 2. The van der Waals surface area contributed by atoms with Crippen LogP contribution in [0.5, 0.6) is 0 Å². The first-order valence-electron chi connectivity index (χ1n) is 6.57. The molecule has 0 aliphatic heterocycles. The van der Waals surface area contributed by atoms with Crippen molar-refractivity contribution in [3.63, 3.8) is 0 Å². The van der Waals surface area contributed by atoms with E-state index in [0.717, 1.165) is 12.8 Å². The first kappa shape index (κ1) is 12.7. The summed E-state index contributed by atoms with van der Waals surface area (Å²) < 4.78 is 1.61. The highest BCUT2D eigenvalue weighted by Gasteiger charge is 2.31. The minimum Gasteiger partial charge on any atom is -0.378 e. The highest BCUT2D eigenvalue weighted by molar-refractivity contribution is 5.57. The fourth-order valence-corrected chi connectivity index (χ4v) is 2.97. The minimum absolute atomic E-state index is 0.00250. The Balaban J connectivity index is 2.11. The molecule has 0 saturated heterocycles. The third kappa shape index (κ3) is 1.76. The quantitative estimate of drug-likeness (QED) is 0.672. The second-order valence-electron chi connectivity index (χ2n) is 5.28. The van der Waals surface area contributed by atoms with Gasteiger partial charge in [-0.25, -0.2) is 4.68 Å². The van der Waals surface area contributed by atoms with Gasteiger partial charge in [0.15, 0.2) is 0 Å². The number of anilines is 1. The number of aromatic nitrogens is 2. The van der Waals surface area contributed by atoms with E-state index in [1.165, 1.54) is 16.7 Å². The molecule has 20 heavy (non-hydrogen) atoms. The Hall–Kier alpha value is -2.37. The van der Waals surface area contributed by atoms with Gasteiger partial charge in [0.2, 0.25) is 5.82 Å². The Morgan fingerprint density at radius 1 is 1.45 bits per heavy atom. The van der Waals surface area contributed by atoms with Crippen molar-refractivity contribution in [3.05, 3.63) is 50.7 Å². The third-order valence-electron chi connectivity index (χ3n) is 3.92. The smallest absolute Gasteiger partial charge is 0.333 e. The molecule has 1 heterocycles. The number of hydrogen-bond acceptors (Lipinski definition) is 4. The van der Waals surface area contributed by atoms with Gasteiger partial charge < -0.3 is 5.73 Å². The van der Waals surface area contributed by atoms with Gasteiger partial charge in [0.25, 0.3) is 0 Å². The summed E-state index contributed by atoms with van der Waals surface area (Å²) in [4.78, 5) is 10.6. The van der Waals surface area contributed by atoms with Crippen LogP contribution in [0.15, 0.2) is 18.2 Å². The fourth-order valence-electron chi connectivity index (χ4n) is 2.97. The lowest BCUT2D eigenvalue weighted by atomic mass is 10.1. The lowest BCUT2D eigenvalue weighted by Gasteiger charge is -2.14. The molecule has 0 spiro atoms. The zero-order valence-electron chi connectivity index (χ0n) is 11.5. The molecular weight excluding hydrogens is 256 g/mol. The number of hydrogen-bond donors (Lipinski definition) is 1. The maximum atomic E-state index is 11.0. The van der Waals surface area contributed by atoms with E-state index in [4.69, 9.17) is 5.73 Å². The van der Waals surface area contributed by atoms with Crippen LogP contribution < -0.4 is 5.73 Å². The van der Waals surface area contributed by atoms with E-state index >= 15 is 0 Å². The Kier molecular flexibility index (Phi) is 2.74. The Morgan fingerprint density at radius 2 is 2.20 bits per heavy atom. The molecule has 104 valence electrons. The van der Waals surface area contributed by atoms with Crippen LogP contribution >= 0.6 is 0 Å². The van der Waals surface area contributed by atoms with Gasteiger partial charge in [-0.05, 0) is 37.8 Å². The number of benzene rings is 1. The van der Waals surface area contributed by atoms with Crippen molar-refractivity contribution in [3.8, 4) is 0 Å². The number of nitrogens with two attached hydrogens (primary N) is 1. The van der Waals surface area contributed by atoms with Crippen LogP contribution in [-0.4, -0.2) is 14.7 Å². The molecule has 0 radical (unpaired) electrons. The normalized spacial score (nSPS) is 17.2. The monoisotopic (exact) mass is 272 g/mol. The number of aryl methyl sites for hydroxylation is 3. The van der Waals surface area contributed by atoms with Gasteiger partial charge >= 0.3 is 5.69 Å². The van der Waals surface area contributed by atoms with Crippen LogP contribution in [0.1, 0.15) is 34.8 Å². The number of nitrogens with zero attached hydrogens (tertiary/aromatic N) is 3. The van der Waals surface area contributed by atoms with Gasteiger partial charge in [-0.3, -0.25) is 10.1 Å². The molecule has 0 bridgehead atoms. The standard InChI is InChI=1S/C14H16N4O2/c1-8-3-4-10-5-6-12(11(10)7-8)17-14(15)13(18(19)20)9(2)16-17/h3-4,7,12H,5-6,15H2,1-2H3. The number of fused-ring (bicyclic) bond motifs is 1. The van der Waals surface area contributed by atoms with Crippen molar-refractivity contribution in [1.82, 2.24) is 9.78 Å². The second kappa shape index (κ2) is 4.33. The zero-order valence-corrected chi connectivity index (χ0v) is 11.5. The molecule has 0 fully saturated rings. The van der Waals surface area contributed by atoms with Crippen molar-refractivity contribution in [2.75, 3.05) is 5.73 Å². The van der Waals surface area contributed by atoms with E-state index in [0.29, 0.717) is 5.69 Å². The topological polar surface area (TPSA) is 87.0 Å². The summed E-state index contributed by atoms with van der Waals surface area (Å²) in [5.41, 5.74) is 9.85. The van der Waals surface area contributed by atoms with E-state index in [9.17, 15) is 10.1 Å². The average molecular weight is 272 g/mol. The Bertz CT molecular complexity index is 705. The summed E-state index contributed by atoms with van der Waals surface area (Å²) >= 11 is 0. The SMILES string of the molecule is Cc1ccc2c(c1)C(n1nc(C)c([N+](=O)[O-])c1N)CC2. The first-order valence-corrected chi connectivity index (χ1v) is 6.57. The van der Waals surface area contributed by atoms with Gasteiger partial charge in [-0.2, -0.15) is 5.10 Å². The van der Waals surface area contributed by atoms with Crippen molar-refractivity contribution in [1.29, 1.82) is 0 Å². The molecule has 1 aliphatic rings. The van der Waals surface area contributed by atoms with Crippen LogP contribution in [0.2, 0.25) is 0 Å². The largest absolute Gasteiger partial charge is 0.378 e. The van der Waals surface area contributed by atoms with Crippen LogP contribution in [-0.2, 0) is 6.42 Å². The predicted octanol–water partition coefficient (Wildman–Crippen LogP) is 2.53. The summed E-state index contributed by atoms with van der Waals surface area (Å²) in [5, 5.41) is 15.3. The summed E-state index contributed by atoms with van der Waals surface area (Å²) in [7, 11) is 0. The van der Waals surface area contributed by atoms with E-state index in [2.05, 4.69) is 23.3 Å². The summed E-state index contributed by atoms with van der Waals surface area (Å²) in [6.45, 7) is 3.66. The van der Waals surface area contributed by atoms with Gasteiger partial charge in [0.1, 0.15) is 5.69 Å². The molecule has 3 rings (SSSR count). The van der Waals surface area contributed by atoms with E-state index in [1.807, 2.05) is 6.92 Å². The second-order valence-corrected chi connectivity index (χ2v) is 5.28. The molecule has 1 unspecified atom stereocenters. The molecule has 2 N–H and O–H groups in total. The molecule has 1 aliphatic carbocycles. The molecular formula is C14H16N4O2. The van der Waals surface area contributed by atoms with Gasteiger partial charge in [-0.1, -0.05) is 23.8 Å². The van der Waals surface area contributed by atoms with Crippen LogP contribution in [0.25, 0.3) is 0 Å². The summed E-state index contributed by atoms with van der Waals surface area (Å²) in [6, 6.07) is 6.32. The molecule has 1 aromatic carbocycles. The third-order valence-corrected chi connectivity index (χ3v) is 3.92. The Labute approximate surface area is 116 Å². The average Bonchev–Trinajstić information content (AvgIpc) is 2.90. The van der Waals surface area contributed by atoms with Crippen LogP contribution in [0.4, 0.5) is 11.5 Å². The maximum absolute atomic E-state index is 11.0. The summed E-state index contributed by atoms with van der Waals surface area (Å²) in [6.07, 6.45) is 1.83. The highest BCUT2D eigenvalue weighted by atomic mass is 16.6. The predicted molar refractivity (Wildman–Crippen MR) is 75.7 cm³/mol. The van der Waals surface area contributed by atoms with E-state index < -0.39 is 4.92 Å². The first-order chi connectivity index (χ1) is 9.49. The fraction of sp³-hybridized carbons (Fsp3) is 0.357. The van der Waals surface area contributed by atoms with Crippen molar-refractivity contribution in [2.45, 2.75) is 32.7 Å². The molecule has 1 aromatic heterocycles. The van der Waals surface area contributed by atoms with E-state index in [-0.39, 0.29) is 17.5 Å². The molecule has 6 heteroatoms. The zero-order chi connectivity index (χ0) is 14.4.